The third-order valence-corrected chi connectivity index (χ3v) is 3.16. The van der Waals surface area contributed by atoms with Crippen molar-refractivity contribution in [3.63, 3.8) is 0 Å². The van der Waals surface area contributed by atoms with Crippen LogP contribution in [0, 0.1) is 18.1 Å². The van der Waals surface area contributed by atoms with Crippen LogP contribution in [0.3, 0.4) is 0 Å². The molecule has 0 aromatic heterocycles. The molecule has 0 N–H and O–H groups in total. The van der Waals surface area contributed by atoms with Crippen LogP contribution in [0.2, 0.25) is 0 Å². The Morgan fingerprint density at radius 3 is 2.50 bits per heavy atom. The Bertz CT molecular complexity index is 340. The van der Waals surface area contributed by atoms with E-state index in [0.717, 1.165) is 5.56 Å². The van der Waals surface area contributed by atoms with Gasteiger partial charge in [0.05, 0.1) is 0 Å². The average molecular weight is 232 g/mol. The minimum absolute atomic E-state index is 1.12. The van der Waals surface area contributed by atoms with Crippen molar-refractivity contribution >= 4 is 11.8 Å². The van der Waals surface area contributed by atoms with E-state index < -0.39 is 0 Å². The second kappa shape index (κ2) is 8.30. The van der Waals surface area contributed by atoms with Crippen LogP contribution in [0.4, 0.5) is 0 Å². The van der Waals surface area contributed by atoms with Crippen LogP contribution in [0.25, 0.3) is 0 Å². The van der Waals surface area contributed by atoms with Crippen molar-refractivity contribution in [2.75, 3.05) is 5.75 Å². The highest BCUT2D eigenvalue weighted by molar-refractivity contribution is 8.03. The fourth-order valence-corrected chi connectivity index (χ4v) is 2.02. The van der Waals surface area contributed by atoms with Gasteiger partial charge in [0.2, 0.25) is 0 Å². The second-order valence-corrected chi connectivity index (χ2v) is 4.90. The van der Waals surface area contributed by atoms with Gasteiger partial charge < -0.3 is 0 Å². The van der Waals surface area contributed by atoms with Gasteiger partial charge in [-0.25, -0.2) is 0 Å². The third kappa shape index (κ3) is 5.88. The van der Waals surface area contributed by atoms with Gasteiger partial charge in [-0.15, -0.1) is 0 Å². The van der Waals surface area contributed by atoms with Crippen LogP contribution in [0.1, 0.15) is 43.7 Å². The zero-order chi connectivity index (χ0) is 11.6. The van der Waals surface area contributed by atoms with E-state index in [1.54, 1.807) is 11.8 Å². The lowest BCUT2D eigenvalue weighted by Crippen LogP contribution is -1.78. The Hall–Kier alpha value is -0.870. The minimum atomic E-state index is 1.12. The number of hydrogen-bond acceptors (Lipinski definition) is 1. The summed E-state index contributed by atoms with van der Waals surface area (Å²) in [6.45, 7) is 4.34. The quantitative estimate of drug-likeness (QED) is 0.527. The first kappa shape index (κ1) is 13.2. The summed E-state index contributed by atoms with van der Waals surface area (Å²) < 4.78 is 0. The fourth-order valence-electron chi connectivity index (χ4n) is 1.38. The molecule has 0 bridgehead atoms. The molecular weight excluding hydrogens is 212 g/mol. The van der Waals surface area contributed by atoms with E-state index in [0.29, 0.717) is 0 Å². The monoisotopic (exact) mass is 232 g/mol. The molecule has 0 fully saturated rings. The predicted molar refractivity (Wildman–Crippen MR) is 74.7 cm³/mol. The van der Waals surface area contributed by atoms with Gasteiger partial charge in [0.1, 0.15) is 0 Å². The van der Waals surface area contributed by atoms with Crippen molar-refractivity contribution < 1.29 is 0 Å². The number of unbranched alkanes of at least 4 members (excludes halogenated alkanes) is 3. The van der Waals surface area contributed by atoms with Gasteiger partial charge in [0.25, 0.3) is 0 Å². The normalized spacial score (nSPS) is 9.62. The van der Waals surface area contributed by atoms with Crippen molar-refractivity contribution in [3.05, 3.63) is 35.4 Å². The SMILES string of the molecule is CCCCCCSC#Cc1ccc(C)cc1. The first-order chi connectivity index (χ1) is 7.83. The summed E-state index contributed by atoms with van der Waals surface area (Å²) in [7, 11) is 0. The van der Waals surface area contributed by atoms with Crippen LogP contribution in [0.5, 0.6) is 0 Å². The largest absolute Gasteiger partial charge is 0.0747 e. The van der Waals surface area contributed by atoms with Gasteiger partial charge in [-0.2, -0.15) is 0 Å². The van der Waals surface area contributed by atoms with Gasteiger partial charge in [-0.05, 0) is 30.7 Å². The Kier molecular flexibility index (Phi) is 6.85. The Balaban J connectivity index is 2.20. The molecule has 1 aromatic carbocycles. The Morgan fingerprint density at radius 1 is 1.06 bits per heavy atom. The molecule has 0 radical (unpaired) electrons. The van der Waals surface area contributed by atoms with Crippen LogP contribution in [0.15, 0.2) is 24.3 Å². The summed E-state index contributed by atoms with van der Waals surface area (Å²) in [5.41, 5.74) is 2.41. The standard InChI is InChI=1S/C15H20S/c1-3-4-5-6-12-16-13-11-15-9-7-14(2)8-10-15/h7-10H,3-6,12H2,1-2H3. The number of aryl methyl sites for hydroxylation is 1. The van der Waals surface area contributed by atoms with Crippen molar-refractivity contribution in [1.82, 2.24) is 0 Å². The first-order valence-electron chi connectivity index (χ1n) is 6.02. The fraction of sp³-hybridized carbons (Fsp3) is 0.467. The summed E-state index contributed by atoms with van der Waals surface area (Å²) >= 11 is 1.74. The topological polar surface area (TPSA) is 0 Å². The molecule has 0 heterocycles. The van der Waals surface area contributed by atoms with Gasteiger partial charge in [-0.1, -0.05) is 61.6 Å². The van der Waals surface area contributed by atoms with Crippen molar-refractivity contribution in [1.29, 1.82) is 0 Å². The molecule has 0 aliphatic heterocycles. The number of hydrogen-bond donors (Lipinski definition) is 0. The maximum absolute atomic E-state index is 3.18. The highest BCUT2D eigenvalue weighted by atomic mass is 32.2. The van der Waals surface area contributed by atoms with E-state index in [-0.39, 0.29) is 0 Å². The molecule has 0 aliphatic carbocycles. The van der Waals surface area contributed by atoms with Crippen molar-refractivity contribution in [3.8, 4) is 11.2 Å². The molecule has 0 unspecified atom stereocenters. The average Bonchev–Trinajstić information content (AvgIpc) is 2.30. The Morgan fingerprint density at radius 2 is 1.81 bits per heavy atom. The molecule has 16 heavy (non-hydrogen) atoms. The molecule has 0 spiro atoms. The van der Waals surface area contributed by atoms with Crippen LogP contribution in [-0.4, -0.2) is 5.75 Å². The van der Waals surface area contributed by atoms with E-state index in [2.05, 4.69) is 49.3 Å². The maximum atomic E-state index is 3.18. The summed E-state index contributed by atoms with van der Waals surface area (Å²) in [6, 6.07) is 8.38. The van der Waals surface area contributed by atoms with E-state index >= 15 is 0 Å². The Labute approximate surface area is 104 Å². The van der Waals surface area contributed by atoms with Gasteiger partial charge in [0.15, 0.2) is 0 Å². The smallest absolute Gasteiger partial charge is 0.0254 e. The zero-order valence-electron chi connectivity index (χ0n) is 10.3. The van der Waals surface area contributed by atoms with Gasteiger partial charge in [0, 0.05) is 11.3 Å². The van der Waals surface area contributed by atoms with Crippen LogP contribution >= 0.6 is 11.8 Å². The minimum Gasteiger partial charge on any atom is -0.0747 e. The number of thioether (sulfide) groups is 1. The summed E-state index contributed by atoms with van der Waals surface area (Å²) in [5.74, 6) is 4.34. The molecule has 0 nitrogen and oxygen atoms in total. The van der Waals surface area contributed by atoms with Crippen LogP contribution in [-0.2, 0) is 0 Å². The molecule has 0 amide bonds. The van der Waals surface area contributed by atoms with Crippen molar-refractivity contribution in [2.45, 2.75) is 39.5 Å². The summed E-state index contributed by atoms with van der Waals surface area (Å²) in [5, 5.41) is 3.16. The molecular formula is C15H20S. The lowest BCUT2D eigenvalue weighted by molar-refractivity contribution is 0.707. The molecule has 1 rings (SSSR count). The lowest BCUT2D eigenvalue weighted by atomic mass is 10.2. The molecule has 0 aliphatic rings. The van der Waals surface area contributed by atoms with Gasteiger partial charge >= 0.3 is 0 Å². The molecule has 0 atom stereocenters. The molecule has 0 saturated carbocycles. The highest BCUT2D eigenvalue weighted by Gasteiger charge is 1.88. The van der Waals surface area contributed by atoms with Gasteiger partial charge in [-0.3, -0.25) is 0 Å². The predicted octanol–water partition coefficient (Wildman–Crippen LogP) is 4.62. The van der Waals surface area contributed by atoms with E-state index in [4.69, 9.17) is 0 Å². The molecule has 0 saturated heterocycles. The van der Waals surface area contributed by atoms with E-state index in [1.807, 2.05) is 0 Å². The third-order valence-electron chi connectivity index (χ3n) is 2.42. The molecule has 86 valence electrons. The zero-order valence-corrected chi connectivity index (χ0v) is 11.1. The van der Waals surface area contributed by atoms with E-state index in [9.17, 15) is 0 Å². The lowest BCUT2D eigenvalue weighted by Gasteiger charge is -1.94. The first-order valence-corrected chi connectivity index (χ1v) is 7.01. The second-order valence-electron chi connectivity index (χ2n) is 4.00. The highest BCUT2D eigenvalue weighted by Crippen LogP contribution is 2.07. The maximum Gasteiger partial charge on any atom is 0.0254 e. The number of benzene rings is 1. The van der Waals surface area contributed by atoms with Crippen molar-refractivity contribution in [2.24, 2.45) is 0 Å². The summed E-state index contributed by atoms with van der Waals surface area (Å²) in [4.78, 5) is 0. The molecule has 1 heteroatoms. The number of rotatable bonds is 5. The summed E-state index contributed by atoms with van der Waals surface area (Å²) in [6.07, 6.45) is 5.29. The molecule has 1 aromatic rings. The van der Waals surface area contributed by atoms with Crippen LogP contribution < -0.4 is 0 Å². The van der Waals surface area contributed by atoms with E-state index in [1.165, 1.54) is 37.0 Å².